The Morgan fingerprint density at radius 2 is 1.96 bits per heavy atom. The van der Waals surface area contributed by atoms with E-state index in [1.54, 1.807) is 18.2 Å². The first-order valence-corrected chi connectivity index (χ1v) is 9.10. The number of sulfonamides is 1. The quantitative estimate of drug-likeness (QED) is 0.835. The fourth-order valence-corrected chi connectivity index (χ4v) is 3.69. The second-order valence-electron chi connectivity index (χ2n) is 5.49. The van der Waals surface area contributed by atoms with Gasteiger partial charge in [-0.2, -0.15) is 0 Å². The van der Waals surface area contributed by atoms with E-state index in [0.29, 0.717) is 23.5 Å². The number of allylic oxidation sites excluding steroid dienone is 1. The summed E-state index contributed by atoms with van der Waals surface area (Å²) in [6, 6.07) is 11.1. The molecule has 0 aliphatic heterocycles. The molecular formula is C17H18N2O4S. The summed E-state index contributed by atoms with van der Waals surface area (Å²) in [5, 5.41) is 2.60. The molecule has 2 N–H and O–H groups in total. The normalized spacial score (nSPS) is 13.9. The number of carbonyl (C=O) groups excluding carboxylic acids is 1. The van der Waals surface area contributed by atoms with Gasteiger partial charge in [0.2, 0.25) is 15.9 Å². The summed E-state index contributed by atoms with van der Waals surface area (Å²) in [6.45, 7) is -0.0777. The van der Waals surface area contributed by atoms with Crippen molar-refractivity contribution in [3.8, 4) is 0 Å². The summed E-state index contributed by atoms with van der Waals surface area (Å²) >= 11 is 0. The van der Waals surface area contributed by atoms with Gasteiger partial charge in [0, 0.05) is 0 Å². The van der Waals surface area contributed by atoms with Gasteiger partial charge in [-0.05, 0) is 42.2 Å². The molecule has 3 rings (SSSR count). The van der Waals surface area contributed by atoms with Gasteiger partial charge in [-0.1, -0.05) is 24.3 Å². The van der Waals surface area contributed by atoms with Crippen LogP contribution in [0.1, 0.15) is 23.3 Å². The fraction of sp³-hybridized carbons (Fsp3) is 0.235. The largest absolute Gasteiger partial charge is 0.467 e. The molecule has 0 fully saturated rings. The van der Waals surface area contributed by atoms with Gasteiger partial charge >= 0.3 is 0 Å². The van der Waals surface area contributed by atoms with E-state index < -0.39 is 15.9 Å². The van der Waals surface area contributed by atoms with Crippen LogP contribution in [-0.2, 0) is 27.8 Å². The van der Waals surface area contributed by atoms with Crippen LogP contribution in [0.2, 0.25) is 0 Å². The maximum Gasteiger partial charge on any atom is 0.237 e. The van der Waals surface area contributed by atoms with Crippen molar-refractivity contribution in [1.82, 2.24) is 10.0 Å². The van der Waals surface area contributed by atoms with Crippen LogP contribution in [0.5, 0.6) is 0 Å². The summed E-state index contributed by atoms with van der Waals surface area (Å²) < 4.78 is 32.2. The molecule has 6 nitrogen and oxygen atoms in total. The van der Waals surface area contributed by atoms with Gasteiger partial charge < -0.3 is 9.73 Å². The smallest absolute Gasteiger partial charge is 0.237 e. The number of benzene rings is 1. The number of hydrogen-bond donors (Lipinski definition) is 2. The lowest BCUT2D eigenvalue weighted by atomic mass is 9.98. The molecule has 1 aromatic carbocycles. The monoisotopic (exact) mass is 346 g/mol. The zero-order valence-electron chi connectivity index (χ0n) is 13.0. The first-order valence-electron chi connectivity index (χ1n) is 7.62. The molecule has 7 heteroatoms. The summed E-state index contributed by atoms with van der Waals surface area (Å²) in [5.41, 5.74) is 2.04. The number of furan rings is 1. The lowest BCUT2D eigenvalue weighted by molar-refractivity contribution is -0.120. The number of aryl methyl sites for hydroxylation is 1. The van der Waals surface area contributed by atoms with Crippen molar-refractivity contribution in [3.63, 3.8) is 0 Å². The van der Waals surface area contributed by atoms with Gasteiger partial charge in [0.25, 0.3) is 0 Å². The minimum Gasteiger partial charge on any atom is -0.467 e. The van der Waals surface area contributed by atoms with E-state index in [4.69, 9.17) is 4.42 Å². The molecule has 1 aliphatic rings. The third kappa shape index (κ3) is 3.93. The van der Waals surface area contributed by atoms with E-state index >= 15 is 0 Å². The highest BCUT2D eigenvalue weighted by Crippen LogP contribution is 2.26. The van der Waals surface area contributed by atoms with Crippen LogP contribution in [0.3, 0.4) is 0 Å². The SMILES string of the molecule is O=C(CNS(=O)(=O)C1=Cc2ccccc2CC1)NCc1ccco1. The van der Waals surface area contributed by atoms with Crippen LogP contribution >= 0.6 is 0 Å². The molecule has 0 atom stereocenters. The molecule has 2 aromatic rings. The second kappa shape index (κ2) is 7.02. The highest BCUT2D eigenvalue weighted by Gasteiger charge is 2.22. The minimum absolute atomic E-state index is 0.226. The predicted molar refractivity (Wildman–Crippen MR) is 90.2 cm³/mol. The number of hydrogen-bond acceptors (Lipinski definition) is 4. The van der Waals surface area contributed by atoms with Crippen LogP contribution < -0.4 is 10.0 Å². The van der Waals surface area contributed by atoms with Gasteiger partial charge in [0.15, 0.2) is 0 Å². The van der Waals surface area contributed by atoms with Crippen molar-refractivity contribution >= 4 is 22.0 Å². The van der Waals surface area contributed by atoms with Crippen molar-refractivity contribution in [2.75, 3.05) is 6.54 Å². The summed E-state index contributed by atoms with van der Waals surface area (Å²) in [5.74, 6) is 0.199. The third-order valence-electron chi connectivity index (χ3n) is 3.82. The molecule has 0 spiro atoms. The third-order valence-corrected chi connectivity index (χ3v) is 5.36. The van der Waals surface area contributed by atoms with Gasteiger partial charge in [0.1, 0.15) is 5.76 Å². The fourth-order valence-electron chi connectivity index (χ4n) is 2.53. The molecule has 0 bridgehead atoms. The van der Waals surface area contributed by atoms with E-state index in [9.17, 15) is 13.2 Å². The highest BCUT2D eigenvalue weighted by atomic mass is 32.2. The molecule has 126 valence electrons. The Bertz CT molecular complexity index is 854. The molecule has 1 amide bonds. The first kappa shape index (κ1) is 16.5. The Hall–Kier alpha value is -2.38. The standard InChI is InChI=1S/C17H18N2O4S/c20-17(18-11-15-6-3-9-23-15)12-19-24(21,22)16-8-7-13-4-1-2-5-14(13)10-16/h1-6,9-10,19H,7-8,11-12H2,(H,18,20). The molecule has 1 heterocycles. The van der Waals surface area contributed by atoms with Crippen LogP contribution in [-0.4, -0.2) is 20.9 Å². The number of carbonyl (C=O) groups is 1. The average molecular weight is 346 g/mol. The molecular weight excluding hydrogens is 328 g/mol. The Labute approximate surface area is 140 Å². The van der Waals surface area contributed by atoms with E-state index in [-0.39, 0.29) is 13.1 Å². The van der Waals surface area contributed by atoms with Gasteiger partial charge in [-0.15, -0.1) is 0 Å². The van der Waals surface area contributed by atoms with Crippen molar-refractivity contribution < 1.29 is 17.6 Å². The molecule has 1 aromatic heterocycles. The van der Waals surface area contributed by atoms with Crippen LogP contribution in [0, 0.1) is 0 Å². The van der Waals surface area contributed by atoms with Crippen molar-refractivity contribution in [3.05, 3.63) is 64.5 Å². The average Bonchev–Trinajstić information content (AvgIpc) is 3.11. The molecule has 0 unspecified atom stereocenters. The topological polar surface area (TPSA) is 88.4 Å². The van der Waals surface area contributed by atoms with E-state index in [2.05, 4.69) is 10.0 Å². The number of rotatable bonds is 6. The lowest BCUT2D eigenvalue weighted by Crippen LogP contribution is -2.37. The van der Waals surface area contributed by atoms with Crippen LogP contribution in [0.25, 0.3) is 6.08 Å². The van der Waals surface area contributed by atoms with Crippen molar-refractivity contribution in [1.29, 1.82) is 0 Å². The van der Waals surface area contributed by atoms with Gasteiger partial charge in [-0.25, -0.2) is 13.1 Å². The Balaban J connectivity index is 1.58. The second-order valence-corrected chi connectivity index (χ2v) is 7.31. The molecule has 0 radical (unpaired) electrons. The maximum atomic E-state index is 12.4. The summed E-state index contributed by atoms with van der Waals surface area (Å²) in [7, 11) is -3.67. The number of amides is 1. The van der Waals surface area contributed by atoms with Gasteiger partial charge in [0.05, 0.1) is 24.3 Å². The molecule has 0 saturated carbocycles. The van der Waals surface area contributed by atoms with Crippen molar-refractivity contribution in [2.45, 2.75) is 19.4 Å². The lowest BCUT2D eigenvalue weighted by Gasteiger charge is -2.17. The zero-order chi connectivity index (χ0) is 17.0. The molecule has 24 heavy (non-hydrogen) atoms. The zero-order valence-corrected chi connectivity index (χ0v) is 13.8. The van der Waals surface area contributed by atoms with E-state index in [1.807, 2.05) is 24.3 Å². The number of fused-ring (bicyclic) bond motifs is 1. The van der Waals surface area contributed by atoms with Crippen LogP contribution in [0.15, 0.2) is 52.0 Å². The highest BCUT2D eigenvalue weighted by molar-refractivity contribution is 7.93. The van der Waals surface area contributed by atoms with E-state index in [0.717, 1.165) is 11.1 Å². The maximum absolute atomic E-state index is 12.4. The van der Waals surface area contributed by atoms with Crippen LogP contribution in [0.4, 0.5) is 0 Å². The summed E-state index contributed by atoms with van der Waals surface area (Å²) in [6.07, 6.45) is 4.29. The Kier molecular flexibility index (Phi) is 4.82. The number of nitrogens with one attached hydrogen (secondary N) is 2. The first-order chi connectivity index (χ1) is 11.5. The summed E-state index contributed by atoms with van der Waals surface area (Å²) in [4.78, 5) is 12.1. The molecule has 0 saturated heterocycles. The van der Waals surface area contributed by atoms with Gasteiger partial charge in [-0.3, -0.25) is 4.79 Å². The molecule has 1 aliphatic carbocycles. The van der Waals surface area contributed by atoms with E-state index in [1.165, 1.54) is 6.26 Å². The Morgan fingerprint density at radius 1 is 1.12 bits per heavy atom. The van der Waals surface area contributed by atoms with Crippen molar-refractivity contribution in [2.24, 2.45) is 0 Å². The Morgan fingerprint density at radius 3 is 2.75 bits per heavy atom. The minimum atomic E-state index is -3.67. The predicted octanol–water partition coefficient (Wildman–Crippen LogP) is 1.80.